The molecule has 0 amide bonds. The van der Waals surface area contributed by atoms with Crippen molar-refractivity contribution in [3.63, 3.8) is 0 Å². The first-order chi connectivity index (χ1) is 9.18. The van der Waals surface area contributed by atoms with E-state index in [0.29, 0.717) is 4.83 Å². The molecule has 0 aliphatic heterocycles. The molecule has 0 aromatic carbocycles. The van der Waals surface area contributed by atoms with E-state index in [1.165, 1.54) is 18.3 Å². The Labute approximate surface area is 116 Å². The molecule has 1 unspecified atom stereocenters. The van der Waals surface area contributed by atoms with E-state index in [2.05, 4.69) is 4.98 Å². The Bertz CT molecular complexity index is 692. The van der Waals surface area contributed by atoms with E-state index in [9.17, 15) is 23.1 Å². The van der Waals surface area contributed by atoms with Crippen LogP contribution >= 0.6 is 11.3 Å². The van der Waals surface area contributed by atoms with Crippen LogP contribution in [0.2, 0.25) is 0 Å². The molecule has 2 aromatic rings. The van der Waals surface area contributed by atoms with Crippen LogP contribution in [0.25, 0.3) is 10.2 Å². The summed E-state index contributed by atoms with van der Waals surface area (Å²) >= 11 is 1.30. The molecule has 20 heavy (non-hydrogen) atoms. The van der Waals surface area contributed by atoms with Gasteiger partial charge in [0.05, 0.1) is 18.3 Å². The van der Waals surface area contributed by atoms with Crippen molar-refractivity contribution >= 4 is 21.6 Å². The van der Waals surface area contributed by atoms with Crippen LogP contribution in [0.5, 0.6) is 0 Å². The largest absolute Gasteiger partial charge is 0.418 e. The highest BCUT2D eigenvalue weighted by Crippen LogP contribution is 2.34. The van der Waals surface area contributed by atoms with Gasteiger partial charge in [0.25, 0.3) is 5.56 Å². The zero-order chi connectivity index (χ0) is 15.1. The summed E-state index contributed by atoms with van der Waals surface area (Å²) in [5.41, 5.74) is -3.51. The summed E-state index contributed by atoms with van der Waals surface area (Å²) in [6.07, 6.45) is -4.29. The fourth-order valence-corrected chi connectivity index (χ4v) is 2.71. The third-order valence-corrected chi connectivity index (χ3v) is 4.14. The smallest absolute Gasteiger partial charge is 0.379 e. The van der Waals surface area contributed by atoms with Gasteiger partial charge in [0, 0.05) is 4.88 Å². The first-order valence-corrected chi connectivity index (χ1v) is 6.74. The van der Waals surface area contributed by atoms with E-state index < -0.39 is 30.3 Å². The molecule has 0 aliphatic carbocycles. The van der Waals surface area contributed by atoms with Crippen LogP contribution in [0, 0.1) is 6.92 Å². The van der Waals surface area contributed by atoms with Gasteiger partial charge in [-0.1, -0.05) is 6.92 Å². The molecule has 110 valence electrons. The summed E-state index contributed by atoms with van der Waals surface area (Å²) in [5.74, 6) is 0. The maximum absolute atomic E-state index is 12.9. The Hall–Kier alpha value is -1.41. The van der Waals surface area contributed by atoms with Crippen molar-refractivity contribution in [3.05, 3.63) is 27.6 Å². The Morgan fingerprint density at radius 3 is 2.65 bits per heavy atom. The molecule has 0 spiro atoms. The maximum Gasteiger partial charge on any atom is 0.418 e. The van der Waals surface area contributed by atoms with Crippen molar-refractivity contribution in [3.8, 4) is 0 Å². The highest BCUT2D eigenvalue weighted by Gasteiger charge is 2.52. The predicted molar refractivity (Wildman–Crippen MR) is 69.9 cm³/mol. The molecular formula is C12H13F3N2O2S. The molecule has 2 aromatic heterocycles. The fraction of sp³-hybridized carbons (Fsp3) is 0.500. The molecule has 0 bridgehead atoms. The molecular weight excluding hydrogens is 293 g/mol. The number of aryl methyl sites for hydroxylation is 1. The monoisotopic (exact) mass is 306 g/mol. The standard InChI is InChI=1S/C12H13F3N2O2S/c1-3-11(19,12(13,14)15)5-17-6-16-9-8(10(17)18)4-7(2)20-9/h4,6,19H,3,5H2,1-2H3. The number of hydrogen-bond donors (Lipinski definition) is 1. The van der Waals surface area contributed by atoms with Crippen molar-refractivity contribution in [1.29, 1.82) is 0 Å². The minimum Gasteiger partial charge on any atom is -0.379 e. The number of hydrogen-bond acceptors (Lipinski definition) is 4. The third kappa shape index (κ3) is 2.45. The second kappa shape index (κ2) is 4.85. The summed E-state index contributed by atoms with van der Waals surface area (Å²) in [4.78, 5) is 17.4. The van der Waals surface area contributed by atoms with Crippen molar-refractivity contribution in [2.45, 2.75) is 38.6 Å². The minimum absolute atomic E-state index is 0.274. The zero-order valence-electron chi connectivity index (χ0n) is 10.9. The second-order valence-electron chi connectivity index (χ2n) is 4.64. The van der Waals surface area contributed by atoms with Crippen LogP contribution in [0.1, 0.15) is 18.2 Å². The molecule has 0 aliphatic rings. The van der Waals surface area contributed by atoms with E-state index in [4.69, 9.17) is 0 Å². The third-order valence-electron chi connectivity index (χ3n) is 3.19. The van der Waals surface area contributed by atoms with Gasteiger partial charge in [0.1, 0.15) is 4.83 Å². The average molecular weight is 306 g/mol. The predicted octanol–water partition coefficient (Wildman–Crippen LogP) is 2.47. The van der Waals surface area contributed by atoms with Crippen LogP contribution in [-0.4, -0.2) is 26.4 Å². The Morgan fingerprint density at radius 2 is 2.10 bits per heavy atom. The molecule has 8 heteroatoms. The SMILES string of the molecule is CCC(O)(Cn1cnc2sc(C)cc2c1=O)C(F)(F)F. The van der Waals surface area contributed by atoms with E-state index >= 15 is 0 Å². The van der Waals surface area contributed by atoms with Crippen LogP contribution in [0.4, 0.5) is 13.2 Å². The number of alkyl halides is 3. The summed E-state index contributed by atoms with van der Waals surface area (Å²) < 4.78 is 39.4. The van der Waals surface area contributed by atoms with Crippen molar-refractivity contribution in [2.75, 3.05) is 0 Å². The van der Waals surface area contributed by atoms with Gasteiger partial charge < -0.3 is 5.11 Å². The summed E-state index contributed by atoms with van der Waals surface area (Å²) in [6, 6.07) is 1.59. The van der Waals surface area contributed by atoms with Gasteiger partial charge in [-0.3, -0.25) is 9.36 Å². The van der Waals surface area contributed by atoms with E-state index in [1.807, 2.05) is 0 Å². The number of thiophene rings is 1. The van der Waals surface area contributed by atoms with Crippen LogP contribution < -0.4 is 5.56 Å². The minimum atomic E-state index is -4.80. The molecule has 2 rings (SSSR count). The molecule has 1 atom stereocenters. The first-order valence-electron chi connectivity index (χ1n) is 5.92. The van der Waals surface area contributed by atoms with Crippen molar-refractivity contribution in [1.82, 2.24) is 9.55 Å². The molecule has 2 heterocycles. The van der Waals surface area contributed by atoms with Gasteiger partial charge in [-0.15, -0.1) is 11.3 Å². The average Bonchev–Trinajstić information content (AvgIpc) is 2.73. The van der Waals surface area contributed by atoms with Crippen molar-refractivity contribution < 1.29 is 18.3 Å². The number of halogens is 3. The number of fused-ring (bicyclic) bond motifs is 1. The molecule has 4 nitrogen and oxygen atoms in total. The lowest BCUT2D eigenvalue weighted by Gasteiger charge is -2.29. The normalized spacial score (nSPS) is 15.5. The molecule has 0 radical (unpaired) electrons. The Morgan fingerprint density at radius 1 is 1.45 bits per heavy atom. The van der Waals surface area contributed by atoms with Crippen LogP contribution in [0.15, 0.2) is 17.2 Å². The Balaban J connectivity index is 2.49. The van der Waals surface area contributed by atoms with E-state index in [-0.39, 0.29) is 5.39 Å². The second-order valence-corrected chi connectivity index (χ2v) is 5.87. The fourth-order valence-electron chi connectivity index (χ4n) is 1.88. The highest BCUT2D eigenvalue weighted by atomic mass is 32.1. The molecule has 1 N–H and O–H groups in total. The topological polar surface area (TPSA) is 55.1 Å². The van der Waals surface area contributed by atoms with Crippen LogP contribution in [-0.2, 0) is 6.54 Å². The lowest BCUT2D eigenvalue weighted by atomic mass is 10.00. The summed E-state index contributed by atoms with van der Waals surface area (Å²) in [7, 11) is 0. The van der Waals surface area contributed by atoms with Gasteiger partial charge in [-0.25, -0.2) is 4.98 Å². The summed E-state index contributed by atoms with van der Waals surface area (Å²) in [6.45, 7) is 2.15. The summed E-state index contributed by atoms with van der Waals surface area (Å²) in [5, 5.41) is 9.98. The Kier molecular flexibility index (Phi) is 3.64. The quantitative estimate of drug-likeness (QED) is 0.948. The lowest BCUT2D eigenvalue weighted by molar-refractivity contribution is -0.266. The highest BCUT2D eigenvalue weighted by molar-refractivity contribution is 7.18. The number of aromatic nitrogens is 2. The first kappa shape index (κ1) is 15.0. The molecule has 0 saturated heterocycles. The number of nitrogens with zero attached hydrogens (tertiary/aromatic N) is 2. The van der Waals surface area contributed by atoms with E-state index in [1.54, 1.807) is 13.0 Å². The number of aliphatic hydroxyl groups is 1. The maximum atomic E-state index is 12.9. The molecule has 0 saturated carbocycles. The van der Waals surface area contributed by atoms with Crippen LogP contribution in [0.3, 0.4) is 0 Å². The lowest BCUT2D eigenvalue weighted by Crippen LogP contribution is -2.49. The van der Waals surface area contributed by atoms with Crippen molar-refractivity contribution in [2.24, 2.45) is 0 Å². The van der Waals surface area contributed by atoms with Gasteiger partial charge in [0.15, 0.2) is 5.60 Å². The zero-order valence-corrected chi connectivity index (χ0v) is 11.7. The van der Waals surface area contributed by atoms with E-state index in [0.717, 1.165) is 15.8 Å². The molecule has 0 fully saturated rings. The van der Waals surface area contributed by atoms with Gasteiger partial charge in [-0.05, 0) is 19.4 Å². The van der Waals surface area contributed by atoms with Gasteiger partial charge in [0.2, 0.25) is 0 Å². The number of rotatable bonds is 3. The van der Waals surface area contributed by atoms with Gasteiger partial charge >= 0.3 is 6.18 Å². The van der Waals surface area contributed by atoms with Gasteiger partial charge in [-0.2, -0.15) is 13.2 Å².